The lowest BCUT2D eigenvalue weighted by Gasteiger charge is -2.19. The number of para-hydroxylation sites is 1. The molecule has 0 atom stereocenters. The third-order valence-corrected chi connectivity index (χ3v) is 6.21. The molecule has 3 aromatic carbocycles. The summed E-state index contributed by atoms with van der Waals surface area (Å²) < 4.78 is 18.3. The van der Waals surface area contributed by atoms with E-state index in [4.69, 9.17) is 25.5 Å². The highest BCUT2D eigenvalue weighted by Gasteiger charge is 2.23. The van der Waals surface area contributed by atoms with Crippen LogP contribution in [0.4, 0.5) is 5.69 Å². The van der Waals surface area contributed by atoms with E-state index in [1.807, 2.05) is 20.8 Å². The van der Waals surface area contributed by atoms with E-state index >= 15 is 0 Å². The second kappa shape index (κ2) is 10.5. The number of aromatic nitrogens is 2. The van der Waals surface area contributed by atoms with Crippen molar-refractivity contribution in [3.05, 3.63) is 91.7 Å². The Hall–Kier alpha value is -4.70. The Labute approximate surface area is 233 Å². The summed E-state index contributed by atoms with van der Waals surface area (Å²) in [6, 6.07) is 16.7. The fourth-order valence-corrected chi connectivity index (χ4v) is 4.36. The van der Waals surface area contributed by atoms with Gasteiger partial charge in [-0.15, -0.1) is 0 Å². The van der Waals surface area contributed by atoms with Gasteiger partial charge in [-0.25, -0.2) is 4.98 Å². The molecular formula is C29H25ClN4O6. The van der Waals surface area contributed by atoms with E-state index in [9.17, 15) is 14.9 Å². The van der Waals surface area contributed by atoms with Crippen LogP contribution in [0.2, 0.25) is 5.02 Å². The number of nitro benzene ring substituents is 1. The van der Waals surface area contributed by atoms with Crippen molar-refractivity contribution in [3.63, 3.8) is 0 Å². The maximum atomic E-state index is 13.5. The maximum absolute atomic E-state index is 13.5. The van der Waals surface area contributed by atoms with Crippen molar-refractivity contribution in [2.75, 3.05) is 13.7 Å². The molecule has 0 aliphatic carbocycles. The van der Waals surface area contributed by atoms with Gasteiger partial charge in [0.1, 0.15) is 11.3 Å². The Bertz CT molecular complexity index is 1850. The standard InChI is InChI=1S/C29H25ClN4O6/c1-29(2,3)16-39-26-20(30)12-17(13-22(26)34(36)37)15-31-33-27(32-21-9-6-5-8-18(21)28(33)35)25-14-19-23(38-4)10-7-11-24(19)40-25/h5-15H,16H2,1-4H3. The van der Waals surface area contributed by atoms with Crippen LogP contribution in [-0.4, -0.2) is 34.5 Å². The first-order valence-corrected chi connectivity index (χ1v) is 12.7. The predicted molar refractivity (Wildman–Crippen MR) is 154 cm³/mol. The number of furan rings is 1. The molecule has 0 bridgehead atoms. The van der Waals surface area contributed by atoms with Gasteiger partial charge in [-0.3, -0.25) is 14.9 Å². The highest BCUT2D eigenvalue weighted by Crippen LogP contribution is 2.37. The number of hydrogen-bond acceptors (Lipinski definition) is 8. The quantitative estimate of drug-likeness (QED) is 0.123. The van der Waals surface area contributed by atoms with Crippen molar-refractivity contribution < 1.29 is 18.8 Å². The van der Waals surface area contributed by atoms with Gasteiger partial charge in [0.25, 0.3) is 5.56 Å². The third kappa shape index (κ3) is 5.26. The van der Waals surface area contributed by atoms with Crippen LogP contribution >= 0.6 is 11.6 Å². The van der Waals surface area contributed by atoms with Crippen LogP contribution in [0.5, 0.6) is 11.5 Å². The molecule has 0 spiro atoms. The molecule has 11 heteroatoms. The van der Waals surface area contributed by atoms with Gasteiger partial charge >= 0.3 is 5.69 Å². The molecule has 5 rings (SSSR count). The summed E-state index contributed by atoms with van der Waals surface area (Å²) in [6.45, 7) is 6.06. The second-order valence-corrected chi connectivity index (χ2v) is 10.7. The van der Waals surface area contributed by atoms with Crippen molar-refractivity contribution in [2.24, 2.45) is 10.5 Å². The average molecular weight is 561 g/mol. The fourth-order valence-electron chi connectivity index (χ4n) is 4.08. The molecule has 204 valence electrons. The largest absolute Gasteiger partial charge is 0.496 e. The fraction of sp³-hybridized carbons (Fsp3) is 0.207. The van der Waals surface area contributed by atoms with Crippen molar-refractivity contribution in [3.8, 4) is 23.1 Å². The maximum Gasteiger partial charge on any atom is 0.313 e. The number of methoxy groups -OCH3 is 1. The van der Waals surface area contributed by atoms with Gasteiger partial charge in [0.2, 0.25) is 11.6 Å². The molecule has 0 unspecified atom stereocenters. The smallest absolute Gasteiger partial charge is 0.313 e. The molecule has 0 fully saturated rings. The topological polar surface area (TPSA) is 122 Å². The summed E-state index contributed by atoms with van der Waals surface area (Å²) in [4.78, 5) is 29.5. The number of benzene rings is 3. The molecular weight excluding hydrogens is 536 g/mol. The van der Waals surface area contributed by atoms with Crippen LogP contribution in [0.15, 0.2) is 75.0 Å². The number of rotatable bonds is 7. The zero-order valence-electron chi connectivity index (χ0n) is 22.2. The van der Waals surface area contributed by atoms with E-state index in [2.05, 4.69) is 10.1 Å². The molecule has 10 nitrogen and oxygen atoms in total. The molecule has 0 aliphatic rings. The van der Waals surface area contributed by atoms with E-state index < -0.39 is 10.5 Å². The summed E-state index contributed by atoms with van der Waals surface area (Å²) in [5, 5.41) is 17.3. The van der Waals surface area contributed by atoms with Gasteiger partial charge in [-0.1, -0.05) is 50.6 Å². The molecule has 0 saturated carbocycles. The summed E-state index contributed by atoms with van der Waals surface area (Å²) >= 11 is 6.40. The first-order valence-electron chi connectivity index (χ1n) is 12.3. The zero-order valence-corrected chi connectivity index (χ0v) is 22.9. The highest BCUT2D eigenvalue weighted by atomic mass is 35.5. The summed E-state index contributed by atoms with van der Waals surface area (Å²) in [7, 11) is 1.56. The van der Waals surface area contributed by atoms with Crippen LogP contribution < -0.4 is 15.0 Å². The monoisotopic (exact) mass is 560 g/mol. The Morgan fingerprint density at radius 1 is 1.12 bits per heavy atom. The predicted octanol–water partition coefficient (Wildman–Crippen LogP) is 6.69. The molecule has 2 heterocycles. The number of halogens is 1. The zero-order chi connectivity index (χ0) is 28.6. The molecule has 40 heavy (non-hydrogen) atoms. The van der Waals surface area contributed by atoms with E-state index in [0.29, 0.717) is 27.6 Å². The van der Waals surface area contributed by atoms with E-state index in [1.54, 1.807) is 55.6 Å². The first kappa shape index (κ1) is 26.9. The van der Waals surface area contributed by atoms with Crippen molar-refractivity contribution in [1.82, 2.24) is 9.66 Å². The van der Waals surface area contributed by atoms with Crippen molar-refractivity contribution in [2.45, 2.75) is 20.8 Å². The van der Waals surface area contributed by atoms with E-state index in [1.165, 1.54) is 18.3 Å². The molecule has 0 radical (unpaired) electrons. The number of nitrogens with zero attached hydrogens (tertiary/aromatic N) is 4. The van der Waals surface area contributed by atoms with Crippen LogP contribution in [0.1, 0.15) is 26.3 Å². The van der Waals surface area contributed by atoms with Gasteiger partial charge in [-0.2, -0.15) is 9.78 Å². The first-order chi connectivity index (χ1) is 19.1. The lowest BCUT2D eigenvalue weighted by Crippen LogP contribution is -2.20. The normalized spacial score (nSPS) is 11.9. The average Bonchev–Trinajstić information content (AvgIpc) is 3.35. The number of hydrogen-bond donors (Lipinski definition) is 0. The van der Waals surface area contributed by atoms with Gasteiger partial charge in [0.05, 0.1) is 46.2 Å². The van der Waals surface area contributed by atoms with Crippen LogP contribution in [0.25, 0.3) is 33.5 Å². The minimum absolute atomic E-state index is 0.0276. The van der Waals surface area contributed by atoms with Gasteiger partial charge in [-0.05, 0) is 41.8 Å². The number of nitro groups is 1. The number of fused-ring (bicyclic) bond motifs is 2. The van der Waals surface area contributed by atoms with Crippen molar-refractivity contribution >= 4 is 45.4 Å². The summed E-state index contributed by atoms with van der Waals surface area (Å²) in [6.07, 6.45) is 1.30. The van der Waals surface area contributed by atoms with Crippen molar-refractivity contribution in [1.29, 1.82) is 0 Å². The lowest BCUT2D eigenvalue weighted by atomic mass is 9.99. The molecule has 0 aliphatic heterocycles. The Balaban J connectivity index is 1.64. The van der Waals surface area contributed by atoms with E-state index in [-0.39, 0.29) is 45.6 Å². The molecule has 2 aromatic heterocycles. The van der Waals surface area contributed by atoms with Gasteiger partial charge < -0.3 is 13.9 Å². The minimum Gasteiger partial charge on any atom is -0.496 e. The van der Waals surface area contributed by atoms with Gasteiger partial charge in [0.15, 0.2) is 5.76 Å². The highest BCUT2D eigenvalue weighted by molar-refractivity contribution is 6.32. The van der Waals surface area contributed by atoms with Crippen LogP contribution in [0.3, 0.4) is 0 Å². The van der Waals surface area contributed by atoms with E-state index in [0.717, 1.165) is 4.68 Å². The minimum atomic E-state index is -0.571. The Morgan fingerprint density at radius 2 is 1.90 bits per heavy atom. The van der Waals surface area contributed by atoms with Crippen LogP contribution in [0, 0.1) is 15.5 Å². The summed E-state index contributed by atoms with van der Waals surface area (Å²) in [5.74, 6) is 1.000. The Kier molecular flexibility index (Phi) is 7.03. The molecule has 0 amide bonds. The van der Waals surface area contributed by atoms with Gasteiger partial charge in [0, 0.05) is 11.6 Å². The molecule has 0 N–H and O–H groups in total. The molecule has 0 saturated heterocycles. The molecule has 5 aromatic rings. The Morgan fingerprint density at radius 3 is 2.62 bits per heavy atom. The number of ether oxygens (including phenoxy) is 2. The lowest BCUT2D eigenvalue weighted by molar-refractivity contribution is -0.385. The van der Waals surface area contributed by atoms with Crippen LogP contribution in [-0.2, 0) is 0 Å². The summed E-state index contributed by atoms with van der Waals surface area (Å²) in [5.41, 5.74) is 0.290. The third-order valence-electron chi connectivity index (χ3n) is 5.93. The SMILES string of the molecule is COc1cccc2oc(-c3nc4ccccc4c(=O)n3N=Cc3cc(Cl)c(OCC(C)(C)C)c([N+](=O)[O-])c3)cc12. The second-order valence-electron chi connectivity index (χ2n) is 10.3.